The van der Waals surface area contributed by atoms with Gasteiger partial charge in [0.25, 0.3) is 5.91 Å². The number of halogens is 1. The lowest BCUT2D eigenvalue weighted by Gasteiger charge is -2.27. The van der Waals surface area contributed by atoms with Crippen molar-refractivity contribution in [3.05, 3.63) is 59.8 Å². The summed E-state index contributed by atoms with van der Waals surface area (Å²) in [4.78, 5) is 32.7. The number of hydrogen-bond acceptors (Lipinski definition) is 4. The topological polar surface area (TPSA) is 66.7 Å². The second kappa shape index (κ2) is 9.36. The molecule has 1 atom stereocenters. The van der Waals surface area contributed by atoms with Gasteiger partial charge in [-0.05, 0) is 18.4 Å². The highest BCUT2D eigenvalue weighted by Crippen LogP contribution is 2.26. The standard InChI is InChI=1S/C21H24IN3O3/c1-3-18(15-7-5-4-6-8-15)24(2)21(27)17-14-28-20(23-17)16-9-11-25(12-10-16)19(26)13-22/h4-9,14,18H,3,10-13H2,1-2H3/t18-/m1/s1. The van der Waals surface area contributed by atoms with Gasteiger partial charge >= 0.3 is 0 Å². The molecule has 0 aliphatic carbocycles. The summed E-state index contributed by atoms with van der Waals surface area (Å²) in [6.45, 7) is 3.26. The lowest BCUT2D eigenvalue weighted by atomic mass is 10.0. The summed E-state index contributed by atoms with van der Waals surface area (Å²) in [6.07, 6.45) is 4.86. The fourth-order valence-corrected chi connectivity index (χ4v) is 3.91. The van der Waals surface area contributed by atoms with Gasteiger partial charge in [-0.2, -0.15) is 0 Å². The third kappa shape index (κ3) is 4.45. The van der Waals surface area contributed by atoms with Crippen molar-refractivity contribution < 1.29 is 14.0 Å². The molecule has 0 unspecified atom stereocenters. The van der Waals surface area contributed by atoms with Gasteiger partial charge in [0.05, 0.1) is 10.5 Å². The molecule has 2 aromatic rings. The number of oxazole rings is 1. The molecule has 2 heterocycles. The van der Waals surface area contributed by atoms with Gasteiger partial charge in [-0.3, -0.25) is 9.59 Å². The zero-order chi connectivity index (χ0) is 20.1. The highest BCUT2D eigenvalue weighted by atomic mass is 127. The van der Waals surface area contributed by atoms with Gasteiger partial charge in [-0.25, -0.2) is 4.98 Å². The third-order valence-corrected chi connectivity index (χ3v) is 5.69. The summed E-state index contributed by atoms with van der Waals surface area (Å²) in [5.74, 6) is 0.433. The van der Waals surface area contributed by atoms with E-state index in [-0.39, 0.29) is 17.9 Å². The van der Waals surface area contributed by atoms with Crippen molar-refractivity contribution in [2.75, 3.05) is 24.6 Å². The first kappa shape index (κ1) is 20.6. The average Bonchev–Trinajstić information content (AvgIpc) is 3.24. The number of carbonyl (C=O) groups is 2. The van der Waals surface area contributed by atoms with Crippen LogP contribution in [0.25, 0.3) is 5.57 Å². The first-order chi connectivity index (χ1) is 13.5. The molecule has 28 heavy (non-hydrogen) atoms. The van der Waals surface area contributed by atoms with E-state index in [4.69, 9.17) is 4.42 Å². The van der Waals surface area contributed by atoms with Crippen molar-refractivity contribution in [1.82, 2.24) is 14.8 Å². The van der Waals surface area contributed by atoms with Crippen molar-refractivity contribution >= 4 is 40.0 Å². The minimum absolute atomic E-state index is 0.0180. The van der Waals surface area contributed by atoms with Crippen LogP contribution in [0.15, 0.2) is 47.1 Å². The summed E-state index contributed by atoms with van der Waals surface area (Å²) in [7, 11) is 1.80. The van der Waals surface area contributed by atoms with Crippen LogP contribution < -0.4 is 0 Å². The van der Waals surface area contributed by atoms with Gasteiger partial charge < -0.3 is 14.2 Å². The number of aromatic nitrogens is 1. The quantitative estimate of drug-likeness (QED) is 0.452. The molecule has 1 aliphatic rings. The van der Waals surface area contributed by atoms with Crippen molar-refractivity contribution in [2.24, 2.45) is 0 Å². The lowest BCUT2D eigenvalue weighted by Crippen LogP contribution is -2.35. The van der Waals surface area contributed by atoms with Gasteiger partial charge in [0.2, 0.25) is 11.8 Å². The fourth-order valence-electron chi connectivity index (χ4n) is 3.42. The Morgan fingerprint density at radius 2 is 2.07 bits per heavy atom. The van der Waals surface area contributed by atoms with E-state index in [1.165, 1.54) is 6.26 Å². The number of benzene rings is 1. The molecule has 0 spiro atoms. The Morgan fingerprint density at radius 1 is 1.32 bits per heavy atom. The number of alkyl halides is 1. The van der Waals surface area contributed by atoms with Crippen LogP contribution in [-0.2, 0) is 4.79 Å². The van der Waals surface area contributed by atoms with E-state index in [1.807, 2.05) is 41.3 Å². The maximum atomic E-state index is 12.9. The Kier molecular flexibility index (Phi) is 6.88. The molecule has 0 radical (unpaired) electrons. The van der Waals surface area contributed by atoms with E-state index in [0.29, 0.717) is 35.5 Å². The molecular weight excluding hydrogens is 469 g/mol. The normalized spacial score (nSPS) is 15.1. The van der Waals surface area contributed by atoms with Crippen molar-refractivity contribution in [2.45, 2.75) is 25.8 Å². The van der Waals surface area contributed by atoms with Crippen LogP contribution in [0, 0.1) is 0 Å². The molecule has 7 heteroatoms. The molecule has 1 aromatic heterocycles. The molecule has 3 rings (SSSR count). The number of nitrogens with zero attached hydrogens (tertiary/aromatic N) is 3. The number of rotatable bonds is 6. The second-order valence-electron chi connectivity index (χ2n) is 6.74. The Bertz CT molecular complexity index is 863. The molecule has 2 amide bonds. The molecule has 0 bridgehead atoms. The van der Waals surface area contributed by atoms with E-state index in [2.05, 4.69) is 34.5 Å². The predicted molar refractivity (Wildman–Crippen MR) is 116 cm³/mol. The van der Waals surface area contributed by atoms with Crippen LogP contribution in [0.4, 0.5) is 0 Å². The maximum absolute atomic E-state index is 12.9. The van der Waals surface area contributed by atoms with E-state index in [0.717, 1.165) is 17.6 Å². The smallest absolute Gasteiger partial charge is 0.276 e. The van der Waals surface area contributed by atoms with E-state index >= 15 is 0 Å². The maximum Gasteiger partial charge on any atom is 0.276 e. The van der Waals surface area contributed by atoms with Crippen molar-refractivity contribution in [3.8, 4) is 0 Å². The SMILES string of the molecule is CC[C@H](c1ccccc1)N(C)C(=O)c1coc(C2=CCN(C(=O)CI)CC2)n1. The van der Waals surface area contributed by atoms with Crippen LogP contribution in [-0.4, -0.2) is 51.2 Å². The van der Waals surface area contributed by atoms with E-state index in [9.17, 15) is 9.59 Å². The van der Waals surface area contributed by atoms with Gasteiger partial charge in [-0.1, -0.05) is 65.9 Å². The predicted octanol–water partition coefficient (Wildman–Crippen LogP) is 3.95. The third-order valence-electron chi connectivity index (χ3n) is 5.03. The number of amides is 2. The molecule has 0 saturated heterocycles. The summed E-state index contributed by atoms with van der Waals surface area (Å²) in [5, 5.41) is 0. The monoisotopic (exact) mass is 493 g/mol. The van der Waals surface area contributed by atoms with Crippen LogP contribution in [0.1, 0.15) is 47.7 Å². The summed E-state index contributed by atoms with van der Waals surface area (Å²) in [6, 6.07) is 9.96. The largest absolute Gasteiger partial charge is 0.444 e. The lowest BCUT2D eigenvalue weighted by molar-refractivity contribution is -0.127. The van der Waals surface area contributed by atoms with E-state index < -0.39 is 0 Å². The Hall–Kier alpha value is -2.16. The molecule has 1 aliphatic heterocycles. The Labute approximate surface area is 178 Å². The second-order valence-corrected chi connectivity index (χ2v) is 7.50. The fraction of sp³-hybridized carbons (Fsp3) is 0.381. The number of carbonyl (C=O) groups excluding carboxylic acids is 2. The molecule has 6 nitrogen and oxygen atoms in total. The Morgan fingerprint density at radius 3 is 2.68 bits per heavy atom. The Balaban J connectivity index is 1.72. The summed E-state index contributed by atoms with van der Waals surface area (Å²) < 4.78 is 6.06. The first-order valence-electron chi connectivity index (χ1n) is 9.36. The molecule has 1 aromatic carbocycles. The molecule has 0 saturated carbocycles. The zero-order valence-electron chi connectivity index (χ0n) is 16.1. The average molecular weight is 493 g/mol. The van der Waals surface area contributed by atoms with Crippen LogP contribution >= 0.6 is 22.6 Å². The molecule has 0 fully saturated rings. The van der Waals surface area contributed by atoms with Crippen LogP contribution in [0.2, 0.25) is 0 Å². The molecular formula is C21H24IN3O3. The summed E-state index contributed by atoms with van der Waals surface area (Å²) in [5.41, 5.74) is 2.34. The minimum Gasteiger partial charge on any atom is -0.444 e. The summed E-state index contributed by atoms with van der Waals surface area (Å²) >= 11 is 2.08. The molecule has 148 valence electrons. The van der Waals surface area contributed by atoms with Gasteiger partial charge in [0.15, 0.2) is 5.69 Å². The molecule has 0 N–H and O–H groups in total. The van der Waals surface area contributed by atoms with Crippen LogP contribution in [0.5, 0.6) is 0 Å². The minimum atomic E-state index is -0.163. The van der Waals surface area contributed by atoms with Gasteiger partial charge in [0.1, 0.15) is 6.26 Å². The zero-order valence-corrected chi connectivity index (χ0v) is 18.3. The van der Waals surface area contributed by atoms with E-state index in [1.54, 1.807) is 11.9 Å². The highest BCUT2D eigenvalue weighted by Gasteiger charge is 2.25. The van der Waals surface area contributed by atoms with Crippen molar-refractivity contribution in [1.29, 1.82) is 0 Å². The van der Waals surface area contributed by atoms with Crippen molar-refractivity contribution in [3.63, 3.8) is 0 Å². The first-order valence-corrected chi connectivity index (χ1v) is 10.9. The van der Waals surface area contributed by atoms with Gasteiger partial charge in [0, 0.05) is 25.7 Å². The van der Waals surface area contributed by atoms with Gasteiger partial charge in [-0.15, -0.1) is 0 Å². The highest BCUT2D eigenvalue weighted by molar-refractivity contribution is 14.1. The van der Waals surface area contributed by atoms with Crippen LogP contribution in [0.3, 0.4) is 0 Å². The number of hydrogen-bond donors (Lipinski definition) is 0.